The Morgan fingerprint density at radius 3 is 2.46 bits per heavy atom. The number of carbonyl (C=O) groups is 1. The van der Waals surface area contributed by atoms with Gasteiger partial charge in [0.25, 0.3) is 5.91 Å². The van der Waals surface area contributed by atoms with E-state index in [0.29, 0.717) is 36.6 Å². The molecule has 0 atom stereocenters. The number of fused-ring (bicyclic) bond motifs is 1. The molecule has 1 saturated heterocycles. The number of pyridine rings is 2. The van der Waals surface area contributed by atoms with Crippen LogP contribution in [-0.4, -0.2) is 51.9 Å². The minimum atomic E-state index is -4.63. The molecule has 5 rings (SSSR count). The Morgan fingerprint density at radius 2 is 1.70 bits per heavy atom. The summed E-state index contributed by atoms with van der Waals surface area (Å²) in [5, 5.41) is 0.896. The van der Waals surface area contributed by atoms with Crippen LogP contribution in [0.5, 0.6) is 0 Å². The molecule has 2 aromatic carbocycles. The first kappa shape index (κ1) is 25.0. The molecule has 0 spiro atoms. The molecule has 2 aromatic heterocycles. The zero-order valence-corrected chi connectivity index (χ0v) is 20.6. The summed E-state index contributed by atoms with van der Waals surface area (Å²) in [5.74, 6) is -0.397. The topological polar surface area (TPSA) is 61.4 Å². The maximum atomic E-state index is 14.0. The van der Waals surface area contributed by atoms with Gasteiger partial charge in [-0.05, 0) is 60.0 Å². The van der Waals surface area contributed by atoms with E-state index < -0.39 is 17.6 Å². The van der Waals surface area contributed by atoms with Crippen molar-refractivity contribution < 1.29 is 18.0 Å². The van der Waals surface area contributed by atoms with Crippen LogP contribution in [0.3, 0.4) is 0 Å². The molecule has 0 aliphatic carbocycles. The maximum Gasteiger partial charge on any atom is 0.418 e. The number of hydrogen-bond donors (Lipinski definition) is 1. The number of nitrogens with one attached hydrogen (secondary N) is 1. The van der Waals surface area contributed by atoms with Crippen LogP contribution < -0.4 is 4.72 Å². The fraction of sp³-hybridized carbons (Fsp3) is 0.222. The number of anilines is 1. The molecule has 3 heterocycles. The predicted octanol–water partition coefficient (Wildman–Crippen LogP) is 5.73. The fourth-order valence-electron chi connectivity index (χ4n) is 4.31. The number of aromatic nitrogens is 2. The van der Waals surface area contributed by atoms with E-state index >= 15 is 0 Å². The van der Waals surface area contributed by atoms with Gasteiger partial charge in [0.15, 0.2) is 0 Å². The van der Waals surface area contributed by atoms with Crippen LogP contribution in [0.2, 0.25) is 0 Å². The molecule has 6 nitrogen and oxygen atoms in total. The molecular weight excluding hydrogens is 499 g/mol. The smallest absolute Gasteiger partial charge is 0.336 e. The third kappa shape index (κ3) is 5.86. The van der Waals surface area contributed by atoms with Gasteiger partial charge in [0.1, 0.15) is 0 Å². The quantitative estimate of drug-likeness (QED) is 0.326. The Labute approximate surface area is 216 Å². The number of para-hydroxylation sites is 1. The molecular formula is C27H24F3N5OS. The summed E-state index contributed by atoms with van der Waals surface area (Å²) in [6.07, 6.45) is 0.499. The predicted molar refractivity (Wildman–Crippen MR) is 138 cm³/mol. The maximum absolute atomic E-state index is 14.0. The van der Waals surface area contributed by atoms with Gasteiger partial charge in [-0.1, -0.05) is 18.2 Å². The summed E-state index contributed by atoms with van der Waals surface area (Å²) in [5.41, 5.74) is 0.868. The molecule has 1 fully saturated rings. The molecule has 37 heavy (non-hydrogen) atoms. The van der Waals surface area contributed by atoms with Crippen molar-refractivity contribution in [1.29, 1.82) is 0 Å². The van der Waals surface area contributed by atoms with E-state index in [-0.39, 0.29) is 11.3 Å². The van der Waals surface area contributed by atoms with Crippen molar-refractivity contribution in [2.45, 2.75) is 17.6 Å². The third-order valence-electron chi connectivity index (χ3n) is 6.25. The minimum Gasteiger partial charge on any atom is -0.336 e. The number of benzene rings is 2. The highest BCUT2D eigenvalue weighted by Crippen LogP contribution is 2.38. The van der Waals surface area contributed by atoms with Gasteiger partial charge in [0.05, 0.1) is 21.7 Å². The lowest BCUT2D eigenvalue weighted by molar-refractivity contribution is -0.136. The first-order valence-corrected chi connectivity index (χ1v) is 12.6. The van der Waals surface area contributed by atoms with E-state index in [2.05, 4.69) is 19.6 Å². The van der Waals surface area contributed by atoms with Gasteiger partial charge in [0, 0.05) is 62.3 Å². The van der Waals surface area contributed by atoms with Crippen molar-refractivity contribution in [3.63, 3.8) is 0 Å². The molecule has 190 valence electrons. The number of nitrogens with zero attached hydrogens (tertiary/aromatic N) is 4. The Morgan fingerprint density at radius 1 is 0.946 bits per heavy atom. The summed E-state index contributed by atoms with van der Waals surface area (Å²) in [6, 6.07) is 16.8. The number of rotatable bonds is 6. The number of halogens is 3. The standard InChI is InChI=1S/C27H24F3N5OS/c28-27(29,30)22-17-21(26(36)35-15-13-34(14-16-35)18-19-8-11-31-12-9-19)6-7-23(22)33-37-24-5-1-3-20-4-2-10-32-25(20)24/h1-12,17,33H,13-16,18H2. The van der Waals surface area contributed by atoms with Gasteiger partial charge in [-0.15, -0.1) is 0 Å². The van der Waals surface area contributed by atoms with E-state index in [1.165, 1.54) is 12.1 Å². The Balaban J connectivity index is 1.28. The molecule has 1 N–H and O–H groups in total. The van der Waals surface area contributed by atoms with Gasteiger partial charge in [-0.25, -0.2) is 0 Å². The summed E-state index contributed by atoms with van der Waals surface area (Å²) in [6.45, 7) is 2.95. The third-order valence-corrected chi connectivity index (χ3v) is 7.12. The van der Waals surface area contributed by atoms with Gasteiger partial charge < -0.3 is 9.62 Å². The lowest BCUT2D eigenvalue weighted by atomic mass is 10.1. The Kier molecular flexibility index (Phi) is 7.29. The first-order valence-electron chi connectivity index (χ1n) is 11.8. The fourth-order valence-corrected chi connectivity index (χ4v) is 5.12. The molecule has 0 radical (unpaired) electrons. The summed E-state index contributed by atoms with van der Waals surface area (Å²) in [4.78, 5) is 26.0. The zero-order chi connectivity index (χ0) is 25.8. The van der Waals surface area contributed by atoms with E-state index in [1.807, 2.05) is 36.4 Å². The van der Waals surface area contributed by atoms with Crippen molar-refractivity contribution in [2.75, 3.05) is 30.9 Å². The van der Waals surface area contributed by atoms with Gasteiger partial charge in [0.2, 0.25) is 0 Å². The molecule has 1 aliphatic rings. The second-order valence-electron chi connectivity index (χ2n) is 8.72. The lowest BCUT2D eigenvalue weighted by Crippen LogP contribution is -2.48. The Bertz CT molecular complexity index is 1390. The summed E-state index contributed by atoms with van der Waals surface area (Å²) >= 11 is 1.06. The number of hydrogen-bond acceptors (Lipinski definition) is 6. The summed E-state index contributed by atoms with van der Waals surface area (Å²) < 4.78 is 44.7. The van der Waals surface area contributed by atoms with Crippen molar-refractivity contribution in [2.24, 2.45) is 0 Å². The van der Waals surface area contributed by atoms with Crippen molar-refractivity contribution in [1.82, 2.24) is 19.8 Å². The van der Waals surface area contributed by atoms with Crippen LogP contribution in [0.4, 0.5) is 18.9 Å². The molecule has 1 amide bonds. The van der Waals surface area contributed by atoms with Crippen molar-refractivity contribution >= 4 is 34.4 Å². The van der Waals surface area contributed by atoms with E-state index in [9.17, 15) is 18.0 Å². The number of piperazine rings is 1. The van der Waals surface area contributed by atoms with Crippen LogP contribution >= 0.6 is 11.9 Å². The number of carbonyl (C=O) groups excluding carboxylic acids is 1. The lowest BCUT2D eigenvalue weighted by Gasteiger charge is -2.35. The average molecular weight is 524 g/mol. The molecule has 10 heteroatoms. The van der Waals surface area contributed by atoms with Crippen molar-refractivity contribution in [3.05, 3.63) is 95.9 Å². The molecule has 4 aromatic rings. The minimum absolute atomic E-state index is 0.0253. The Hall–Kier alpha value is -3.63. The van der Waals surface area contributed by atoms with Crippen LogP contribution in [0.1, 0.15) is 21.5 Å². The summed E-state index contributed by atoms with van der Waals surface area (Å²) in [7, 11) is 0. The van der Waals surface area contributed by atoms with Crippen LogP contribution in [0.25, 0.3) is 10.9 Å². The van der Waals surface area contributed by atoms with E-state index in [1.54, 1.807) is 29.6 Å². The molecule has 0 unspecified atom stereocenters. The first-order chi connectivity index (χ1) is 17.9. The van der Waals surface area contributed by atoms with Crippen molar-refractivity contribution in [3.8, 4) is 0 Å². The second kappa shape index (κ2) is 10.8. The van der Waals surface area contributed by atoms with E-state index in [0.717, 1.165) is 35.5 Å². The average Bonchev–Trinajstić information content (AvgIpc) is 2.92. The van der Waals surface area contributed by atoms with E-state index in [4.69, 9.17) is 0 Å². The largest absolute Gasteiger partial charge is 0.418 e. The zero-order valence-electron chi connectivity index (χ0n) is 19.8. The molecule has 0 bridgehead atoms. The SMILES string of the molecule is O=C(c1ccc(NSc2cccc3cccnc23)c(C(F)(F)F)c1)N1CCN(Cc2ccncc2)CC1. The monoisotopic (exact) mass is 523 g/mol. The highest BCUT2D eigenvalue weighted by molar-refractivity contribution is 8.00. The van der Waals surface area contributed by atoms with Gasteiger partial charge in [-0.3, -0.25) is 19.7 Å². The molecule has 0 saturated carbocycles. The van der Waals surface area contributed by atoms with Gasteiger partial charge in [-0.2, -0.15) is 13.2 Å². The number of amides is 1. The van der Waals surface area contributed by atoms with Gasteiger partial charge >= 0.3 is 6.18 Å². The van der Waals surface area contributed by atoms with Crippen LogP contribution in [-0.2, 0) is 12.7 Å². The van der Waals surface area contributed by atoms with Crippen LogP contribution in [0, 0.1) is 0 Å². The highest BCUT2D eigenvalue weighted by atomic mass is 32.2. The van der Waals surface area contributed by atoms with Crippen LogP contribution in [0.15, 0.2) is 84.1 Å². The normalized spacial score (nSPS) is 14.6. The highest BCUT2D eigenvalue weighted by Gasteiger charge is 2.35. The second-order valence-corrected chi connectivity index (χ2v) is 9.57. The number of alkyl halides is 3. The molecule has 1 aliphatic heterocycles.